The Hall–Kier alpha value is -2.84. The van der Waals surface area contributed by atoms with E-state index in [4.69, 9.17) is 4.74 Å². The standard InChI is InChI=1S/C23H25F3N4O2/c1-14-19(15-6-4-7-15)27-21(28-20(14)23(24,25)26)29-11-9-17(10-12-29)30-18-8-3-2-5-16(18)13-32-22(30)31/h2-3,5,8,15,17H,4,6-7,9-13H2,1H3. The fourth-order valence-corrected chi connectivity index (χ4v) is 4.86. The van der Waals surface area contributed by atoms with Crippen LogP contribution in [0.1, 0.15) is 60.5 Å². The number of rotatable bonds is 3. The molecule has 5 rings (SSSR count). The summed E-state index contributed by atoms with van der Waals surface area (Å²) in [4.78, 5) is 24.5. The number of hydrogen-bond acceptors (Lipinski definition) is 5. The second-order valence-electron chi connectivity index (χ2n) is 8.78. The van der Waals surface area contributed by atoms with E-state index in [0.717, 1.165) is 30.5 Å². The van der Waals surface area contributed by atoms with E-state index in [9.17, 15) is 18.0 Å². The number of fused-ring (bicyclic) bond motifs is 1. The third kappa shape index (κ3) is 3.67. The molecule has 2 fully saturated rings. The number of hydrogen-bond donors (Lipinski definition) is 0. The molecule has 0 radical (unpaired) electrons. The second kappa shape index (κ2) is 7.94. The van der Waals surface area contributed by atoms with Crippen LogP contribution in [0.15, 0.2) is 24.3 Å². The van der Waals surface area contributed by atoms with E-state index in [1.807, 2.05) is 29.2 Å². The van der Waals surface area contributed by atoms with Gasteiger partial charge < -0.3 is 9.64 Å². The number of carbonyl (C=O) groups excluding carboxylic acids is 1. The number of carbonyl (C=O) groups is 1. The minimum absolute atomic E-state index is 0.0787. The van der Waals surface area contributed by atoms with Gasteiger partial charge in [-0.05, 0) is 38.7 Å². The molecule has 170 valence electrons. The van der Waals surface area contributed by atoms with E-state index in [1.165, 1.54) is 6.92 Å². The molecule has 1 aromatic carbocycles. The number of nitrogens with zero attached hydrogens (tertiary/aromatic N) is 4. The molecule has 1 aromatic heterocycles. The van der Waals surface area contributed by atoms with Crippen LogP contribution in [0, 0.1) is 6.92 Å². The van der Waals surface area contributed by atoms with Gasteiger partial charge in [0.15, 0.2) is 5.69 Å². The van der Waals surface area contributed by atoms with Crippen LogP contribution in [0.5, 0.6) is 0 Å². The van der Waals surface area contributed by atoms with Gasteiger partial charge in [0.2, 0.25) is 5.95 Å². The predicted octanol–water partition coefficient (Wildman–Crippen LogP) is 5.20. The van der Waals surface area contributed by atoms with Gasteiger partial charge in [-0.1, -0.05) is 24.6 Å². The first-order valence-corrected chi connectivity index (χ1v) is 11.1. The Kier molecular flexibility index (Phi) is 5.22. The van der Waals surface area contributed by atoms with Crippen molar-refractivity contribution in [1.82, 2.24) is 9.97 Å². The van der Waals surface area contributed by atoms with E-state index in [0.29, 0.717) is 31.6 Å². The van der Waals surface area contributed by atoms with Crippen molar-refractivity contribution in [3.63, 3.8) is 0 Å². The lowest BCUT2D eigenvalue weighted by molar-refractivity contribution is -0.141. The van der Waals surface area contributed by atoms with Gasteiger partial charge >= 0.3 is 12.3 Å². The molecule has 0 bridgehead atoms. The molecule has 6 nitrogen and oxygen atoms in total. The van der Waals surface area contributed by atoms with E-state index in [2.05, 4.69) is 9.97 Å². The van der Waals surface area contributed by atoms with Crippen LogP contribution in [0.4, 0.5) is 29.6 Å². The van der Waals surface area contributed by atoms with Crippen LogP contribution in [0.2, 0.25) is 0 Å². The van der Waals surface area contributed by atoms with Gasteiger partial charge in [-0.25, -0.2) is 14.8 Å². The number of piperidine rings is 1. The molecule has 0 unspecified atom stereocenters. The van der Waals surface area contributed by atoms with Crippen molar-refractivity contribution in [3.05, 3.63) is 46.8 Å². The number of aromatic nitrogens is 2. The van der Waals surface area contributed by atoms with Gasteiger partial charge in [0, 0.05) is 36.2 Å². The smallest absolute Gasteiger partial charge is 0.433 e. The monoisotopic (exact) mass is 446 g/mol. The number of alkyl halides is 3. The van der Waals surface area contributed by atoms with Crippen molar-refractivity contribution in [2.75, 3.05) is 22.9 Å². The highest BCUT2D eigenvalue weighted by atomic mass is 19.4. The van der Waals surface area contributed by atoms with Crippen LogP contribution in [-0.4, -0.2) is 35.2 Å². The Morgan fingerprint density at radius 3 is 2.44 bits per heavy atom. The number of benzene rings is 1. The predicted molar refractivity (Wildman–Crippen MR) is 113 cm³/mol. The van der Waals surface area contributed by atoms with Gasteiger partial charge in [-0.2, -0.15) is 13.2 Å². The largest absolute Gasteiger partial charge is 0.444 e. The lowest BCUT2D eigenvalue weighted by atomic mass is 9.81. The Labute approximate surface area is 184 Å². The number of para-hydroxylation sites is 1. The molecular formula is C23H25F3N4O2. The number of halogens is 3. The van der Waals surface area contributed by atoms with Crippen LogP contribution >= 0.6 is 0 Å². The molecule has 32 heavy (non-hydrogen) atoms. The van der Waals surface area contributed by atoms with Crippen LogP contribution in [0.25, 0.3) is 0 Å². The fourth-order valence-electron chi connectivity index (χ4n) is 4.86. The first-order chi connectivity index (χ1) is 15.3. The lowest BCUT2D eigenvalue weighted by Gasteiger charge is -2.40. The average Bonchev–Trinajstić information content (AvgIpc) is 2.73. The summed E-state index contributed by atoms with van der Waals surface area (Å²) < 4.78 is 46.4. The number of amides is 1. The van der Waals surface area contributed by atoms with Gasteiger partial charge in [0.05, 0.1) is 11.4 Å². The molecule has 0 spiro atoms. The third-order valence-electron chi connectivity index (χ3n) is 6.84. The fraction of sp³-hybridized carbons (Fsp3) is 0.522. The molecule has 2 aromatic rings. The highest BCUT2D eigenvalue weighted by molar-refractivity contribution is 5.91. The molecule has 3 heterocycles. The van der Waals surface area contributed by atoms with Crippen molar-refractivity contribution in [2.24, 2.45) is 0 Å². The maximum absolute atomic E-state index is 13.7. The maximum atomic E-state index is 13.7. The quantitative estimate of drug-likeness (QED) is 0.649. The van der Waals surface area contributed by atoms with Gasteiger partial charge in [-0.15, -0.1) is 0 Å². The van der Waals surface area contributed by atoms with E-state index in [1.54, 1.807) is 4.90 Å². The Balaban J connectivity index is 1.38. The highest BCUT2D eigenvalue weighted by Crippen LogP contribution is 2.41. The first kappa shape index (κ1) is 21.0. The number of ether oxygens (including phenoxy) is 1. The molecular weight excluding hydrogens is 421 g/mol. The molecule has 1 saturated heterocycles. The minimum atomic E-state index is -4.51. The van der Waals surface area contributed by atoms with Crippen molar-refractivity contribution in [1.29, 1.82) is 0 Å². The number of anilines is 2. The first-order valence-electron chi connectivity index (χ1n) is 11.1. The summed E-state index contributed by atoms with van der Waals surface area (Å²) in [6.45, 7) is 2.68. The summed E-state index contributed by atoms with van der Waals surface area (Å²) in [6, 6.07) is 7.56. The highest BCUT2D eigenvalue weighted by Gasteiger charge is 2.39. The van der Waals surface area contributed by atoms with Crippen LogP contribution in [-0.2, 0) is 17.5 Å². The minimum Gasteiger partial charge on any atom is -0.444 e. The maximum Gasteiger partial charge on any atom is 0.433 e. The van der Waals surface area contributed by atoms with Gasteiger partial charge in [-0.3, -0.25) is 4.90 Å². The second-order valence-corrected chi connectivity index (χ2v) is 8.78. The van der Waals surface area contributed by atoms with Crippen molar-refractivity contribution in [3.8, 4) is 0 Å². The molecule has 9 heteroatoms. The van der Waals surface area contributed by atoms with Crippen molar-refractivity contribution >= 4 is 17.7 Å². The van der Waals surface area contributed by atoms with E-state index < -0.39 is 11.9 Å². The SMILES string of the molecule is Cc1c(C2CCC2)nc(N2CCC(N3C(=O)OCc4ccccc43)CC2)nc1C(F)(F)F. The van der Waals surface area contributed by atoms with E-state index >= 15 is 0 Å². The molecule has 1 aliphatic carbocycles. The third-order valence-corrected chi connectivity index (χ3v) is 6.84. The summed E-state index contributed by atoms with van der Waals surface area (Å²) >= 11 is 0. The number of cyclic esters (lactones) is 1. The Morgan fingerprint density at radius 1 is 1.06 bits per heavy atom. The normalized spacial score (nSPS) is 20.1. The van der Waals surface area contributed by atoms with Crippen LogP contribution < -0.4 is 9.80 Å². The molecule has 2 aliphatic heterocycles. The van der Waals surface area contributed by atoms with Gasteiger partial charge in [0.1, 0.15) is 6.61 Å². The summed E-state index contributed by atoms with van der Waals surface area (Å²) in [5.41, 5.74) is 1.65. The summed E-state index contributed by atoms with van der Waals surface area (Å²) in [6.07, 6.45) is -0.939. The molecule has 1 amide bonds. The van der Waals surface area contributed by atoms with Crippen molar-refractivity contribution < 1.29 is 22.7 Å². The summed E-state index contributed by atoms with van der Waals surface area (Å²) in [5, 5.41) is 0. The Bertz CT molecular complexity index is 1030. The zero-order chi connectivity index (χ0) is 22.5. The average molecular weight is 446 g/mol. The molecule has 0 atom stereocenters. The topological polar surface area (TPSA) is 58.6 Å². The summed E-state index contributed by atoms with van der Waals surface area (Å²) in [7, 11) is 0. The summed E-state index contributed by atoms with van der Waals surface area (Å²) in [5.74, 6) is 0.222. The van der Waals surface area contributed by atoms with Gasteiger partial charge in [0.25, 0.3) is 0 Å². The van der Waals surface area contributed by atoms with Crippen molar-refractivity contribution in [2.45, 2.75) is 63.8 Å². The molecule has 1 saturated carbocycles. The van der Waals surface area contributed by atoms with Crippen LogP contribution in [0.3, 0.4) is 0 Å². The molecule has 0 N–H and O–H groups in total. The lowest BCUT2D eigenvalue weighted by Crippen LogP contribution is -2.50. The zero-order valence-corrected chi connectivity index (χ0v) is 17.9. The van der Waals surface area contributed by atoms with E-state index in [-0.39, 0.29) is 36.2 Å². The Morgan fingerprint density at radius 2 is 1.78 bits per heavy atom. The molecule has 3 aliphatic rings. The zero-order valence-electron chi connectivity index (χ0n) is 17.9.